The molecule has 0 aliphatic heterocycles. The Bertz CT molecular complexity index is 819. The van der Waals surface area contributed by atoms with E-state index in [9.17, 15) is 5.11 Å². The zero-order valence-electron chi connectivity index (χ0n) is 11.0. The predicted molar refractivity (Wildman–Crippen MR) is 87.6 cm³/mol. The summed E-state index contributed by atoms with van der Waals surface area (Å²) in [5.41, 5.74) is 3.81. The van der Waals surface area contributed by atoms with Crippen molar-refractivity contribution in [2.75, 3.05) is 5.32 Å². The summed E-state index contributed by atoms with van der Waals surface area (Å²) in [6, 6.07) is 7.10. The minimum absolute atomic E-state index is 0.242. The van der Waals surface area contributed by atoms with E-state index >= 15 is 0 Å². The lowest BCUT2D eigenvalue weighted by Crippen LogP contribution is -2.01. The number of fused-ring (bicyclic) bond motifs is 1. The van der Waals surface area contributed by atoms with Crippen LogP contribution in [0.3, 0.4) is 0 Å². The molecule has 7 heteroatoms. The summed E-state index contributed by atoms with van der Waals surface area (Å²) in [5.74, 6) is 0.242. The van der Waals surface area contributed by atoms with Crippen LogP contribution in [0.4, 0.5) is 5.69 Å². The number of aromatic hydroxyl groups is 1. The number of nitrogens with zero attached hydrogens (tertiary/aromatic N) is 2. The molecule has 0 radical (unpaired) electrons. The van der Waals surface area contributed by atoms with Gasteiger partial charge in [-0.2, -0.15) is 8.75 Å². The average molecular weight is 340 g/mol. The zero-order valence-corrected chi connectivity index (χ0v) is 13.4. The van der Waals surface area contributed by atoms with Crippen LogP contribution in [0.1, 0.15) is 11.1 Å². The molecule has 4 nitrogen and oxygen atoms in total. The van der Waals surface area contributed by atoms with Gasteiger partial charge < -0.3 is 10.4 Å². The van der Waals surface area contributed by atoms with Crippen LogP contribution in [-0.4, -0.2) is 13.9 Å². The molecule has 0 bridgehead atoms. The van der Waals surface area contributed by atoms with E-state index in [-0.39, 0.29) is 5.75 Å². The van der Waals surface area contributed by atoms with Gasteiger partial charge in [0.25, 0.3) is 0 Å². The van der Waals surface area contributed by atoms with E-state index < -0.39 is 0 Å². The number of aryl methyl sites for hydroxylation is 1. The summed E-state index contributed by atoms with van der Waals surface area (Å²) >= 11 is 13.4. The molecule has 0 atom stereocenters. The Morgan fingerprint density at radius 3 is 2.71 bits per heavy atom. The molecular formula is C14H11Cl2N3OS. The molecule has 21 heavy (non-hydrogen) atoms. The van der Waals surface area contributed by atoms with Crippen LogP contribution in [0.5, 0.6) is 5.75 Å². The van der Waals surface area contributed by atoms with Crippen LogP contribution < -0.4 is 5.32 Å². The SMILES string of the molecule is Cc1ccc(O)c(CNc2c(Cl)cc(Cl)c3nsnc23)c1. The van der Waals surface area contributed by atoms with E-state index in [1.54, 1.807) is 12.1 Å². The van der Waals surface area contributed by atoms with Crippen LogP contribution >= 0.6 is 34.9 Å². The Hall–Kier alpha value is -1.56. The van der Waals surface area contributed by atoms with Gasteiger partial charge in [0.15, 0.2) is 0 Å². The Balaban J connectivity index is 1.95. The maximum absolute atomic E-state index is 9.88. The summed E-state index contributed by atoms with van der Waals surface area (Å²) in [6.45, 7) is 2.41. The van der Waals surface area contributed by atoms with E-state index in [2.05, 4.69) is 14.1 Å². The standard InChI is InChI=1S/C14H11Cl2N3OS/c1-7-2-3-11(20)8(4-7)6-17-12-9(15)5-10(16)13-14(12)19-21-18-13/h2-5,17,20H,6H2,1H3. The molecule has 0 unspecified atom stereocenters. The van der Waals surface area contributed by atoms with Gasteiger partial charge in [-0.3, -0.25) is 0 Å². The molecule has 0 spiro atoms. The van der Waals surface area contributed by atoms with Crippen molar-refractivity contribution < 1.29 is 5.11 Å². The van der Waals surface area contributed by atoms with Crippen molar-refractivity contribution in [2.24, 2.45) is 0 Å². The van der Waals surface area contributed by atoms with Gasteiger partial charge in [0.05, 0.1) is 27.5 Å². The number of nitrogens with one attached hydrogen (secondary N) is 1. The number of phenolic OH excluding ortho intramolecular Hbond substituents is 1. The van der Waals surface area contributed by atoms with Crippen molar-refractivity contribution in [3.63, 3.8) is 0 Å². The summed E-state index contributed by atoms with van der Waals surface area (Å²) in [4.78, 5) is 0. The van der Waals surface area contributed by atoms with Gasteiger partial charge >= 0.3 is 0 Å². The molecule has 1 aromatic heterocycles. The third kappa shape index (κ3) is 2.77. The van der Waals surface area contributed by atoms with E-state index in [1.807, 2.05) is 19.1 Å². The van der Waals surface area contributed by atoms with Crippen molar-refractivity contribution >= 4 is 51.7 Å². The molecule has 3 aromatic rings. The second kappa shape index (κ2) is 5.67. The van der Waals surface area contributed by atoms with Crippen LogP contribution in [0.25, 0.3) is 11.0 Å². The summed E-state index contributed by atoms with van der Waals surface area (Å²) < 4.78 is 8.39. The van der Waals surface area contributed by atoms with Gasteiger partial charge in [-0.15, -0.1) is 0 Å². The predicted octanol–water partition coefficient (Wildman–Crippen LogP) is 4.62. The molecule has 108 valence electrons. The van der Waals surface area contributed by atoms with Crippen LogP contribution in [0.2, 0.25) is 10.0 Å². The smallest absolute Gasteiger partial charge is 0.130 e. The second-order valence-corrected chi connectivity index (χ2v) is 6.01. The monoisotopic (exact) mass is 339 g/mol. The normalized spacial score (nSPS) is 11.0. The van der Waals surface area contributed by atoms with Gasteiger partial charge in [0.1, 0.15) is 16.8 Å². The molecular weight excluding hydrogens is 329 g/mol. The number of phenols is 1. The van der Waals surface area contributed by atoms with Gasteiger partial charge in [-0.05, 0) is 19.1 Å². The minimum Gasteiger partial charge on any atom is -0.508 e. The molecule has 0 fully saturated rings. The van der Waals surface area contributed by atoms with Gasteiger partial charge in [-0.1, -0.05) is 40.9 Å². The fraction of sp³-hybridized carbons (Fsp3) is 0.143. The summed E-state index contributed by atoms with van der Waals surface area (Å²) in [7, 11) is 0. The molecule has 3 rings (SSSR count). The van der Waals surface area contributed by atoms with Gasteiger partial charge in [-0.25, -0.2) is 0 Å². The number of hydrogen-bond acceptors (Lipinski definition) is 5. The summed E-state index contributed by atoms with van der Waals surface area (Å²) in [5, 5.41) is 14.0. The quantitative estimate of drug-likeness (QED) is 0.730. The Labute approximate surface area is 135 Å². The highest BCUT2D eigenvalue weighted by Crippen LogP contribution is 2.35. The lowest BCUT2D eigenvalue weighted by Gasteiger charge is -2.11. The van der Waals surface area contributed by atoms with Crippen LogP contribution in [0.15, 0.2) is 24.3 Å². The first-order valence-electron chi connectivity index (χ1n) is 6.19. The van der Waals surface area contributed by atoms with Crippen molar-refractivity contribution in [2.45, 2.75) is 13.5 Å². The first-order chi connectivity index (χ1) is 10.1. The fourth-order valence-electron chi connectivity index (χ4n) is 2.08. The van der Waals surface area contributed by atoms with E-state index in [0.717, 1.165) is 22.9 Å². The number of benzene rings is 2. The van der Waals surface area contributed by atoms with Gasteiger partial charge in [0, 0.05) is 12.1 Å². The first kappa shape index (κ1) is 14.4. The second-order valence-electron chi connectivity index (χ2n) is 4.66. The van der Waals surface area contributed by atoms with Crippen molar-refractivity contribution in [3.8, 4) is 5.75 Å². The third-order valence-corrected chi connectivity index (χ3v) is 4.25. The molecule has 2 N–H and O–H groups in total. The largest absolute Gasteiger partial charge is 0.508 e. The van der Waals surface area contributed by atoms with E-state index in [1.165, 1.54) is 0 Å². The first-order valence-corrected chi connectivity index (χ1v) is 7.67. The minimum atomic E-state index is 0.242. The molecule has 0 aliphatic rings. The topological polar surface area (TPSA) is 58.0 Å². The number of halogens is 2. The van der Waals surface area contributed by atoms with Gasteiger partial charge in [0.2, 0.25) is 0 Å². The zero-order chi connectivity index (χ0) is 15.0. The molecule has 0 saturated carbocycles. The molecule has 0 amide bonds. The van der Waals surface area contributed by atoms with Crippen molar-refractivity contribution in [3.05, 3.63) is 45.4 Å². The number of hydrogen-bond donors (Lipinski definition) is 2. The van der Waals surface area contributed by atoms with Crippen molar-refractivity contribution in [1.29, 1.82) is 0 Å². The molecule has 0 saturated heterocycles. The maximum atomic E-state index is 9.88. The Morgan fingerprint density at radius 2 is 1.90 bits per heavy atom. The highest BCUT2D eigenvalue weighted by atomic mass is 35.5. The van der Waals surface area contributed by atoms with Crippen molar-refractivity contribution in [1.82, 2.24) is 8.75 Å². The molecule has 0 aliphatic carbocycles. The Kier molecular flexibility index (Phi) is 3.89. The number of anilines is 1. The van der Waals surface area contributed by atoms with E-state index in [0.29, 0.717) is 33.3 Å². The Morgan fingerprint density at radius 1 is 1.14 bits per heavy atom. The highest BCUT2D eigenvalue weighted by molar-refractivity contribution is 7.00. The number of rotatable bonds is 3. The lowest BCUT2D eigenvalue weighted by atomic mass is 10.1. The van der Waals surface area contributed by atoms with E-state index in [4.69, 9.17) is 23.2 Å². The lowest BCUT2D eigenvalue weighted by molar-refractivity contribution is 0.469. The highest BCUT2D eigenvalue weighted by Gasteiger charge is 2.14. The maximum Gasteiger partial charge on any atom is 0.130 e. The fourth-order valence-corrected chi connectivity index (χ4v) is 3.26. The summed E-state index contributed by atoms with van der Waals surface area (Å²) in [6.07, 6.45) is 0. The molecule has 1 heterocycles. The number of aromatic nitrogens is 2. The van der Waals surface area contributed by atoms with Crippen LogP contribution in [0, 0.1) is 6.92 Å². The van der Waals surface area contributed by atoms with Crippen LogP contribution in [-0.2, 0) is 6.54 Å². The molecule has 2 aromatic carbocycles. The third-order valence-electron chi connectivity index (χ3n) is 3.13. The average Bonchev–Trinajstić information content (AvgIpc) is 2.92.